The quantitative estimate of drug-likeness (QED) is 0.340. The van der Waals surface area contributed by atoms with Crippen LogP contribution < -0.4 is 5.73 Å². The molecule has 0 bridgehead atoms. The Bertz CT molecular complexity index is 505. The number of hydrogen-bond acceptors (Lipinski definition) is 5. The third kappa shape index (κ3) is 3.65. The Morgan fingerprint density at radius 3 is 2.95 bits per heavy atom. The number of rotatable bonds is 4. The van der Waals surface area contributed by atoms with Crippen LogP contribution in [0.1, 0.15) is 23.2 Å². The fourth-order valence-electron chi connectivity index (χ4n) is 2.25. The predicted octanol–water partition coefficient (Wildman–Crippen LogP) is 1.55. The second-order valence-electron chi connectivity index (χ2n) is 4.67. The summed E-state index contributed by atoms with van der Waals surface area (Å²) in [4.78, 5) is 13.9. The van der Waals surface area contributed by atoms with Crippen molar-refractivity contribution in [3.05, 3.63) is 36.0 Å². The summed E-state index contributed by atoms with van der Waals surface area (Å²) in [5.41, 5.74) is 6.22. The third-order valence-corrected chi connectivity index (χ3v) is 3.34. The lowest BCUT2D eigenvalue weighted by Gasteiger charge is -2.20. The van der Waals surface area contributed by atoms with Gasteiger partial charge in [-0.1, -0.05) is 0 Å². The second kappa shape index (κ2) is 7.17. The highest BCUT2D eigenvalue weighted by atomic mass is 35.5. The smallest absolute Gasteiger partial charge is 0.191 e. The van der Waals surface area contributed by atoms with E-state index >= 15 is 0 Å². The van der Waals surface area contributed by atoms with Gasteiger partial charge >= 0.3 is 0 Å². The first-order chi connectivity index (χ1) is 9.11. The molecule has 1 heterocycles. The maximum absolute atomic E-state index is 12.0. The number of aromatic hydroxyl groups is 1. The van der Waals surface area contributed by atoms with Gasteiger partial charge in [-0.15, -0.1) is 12.4 Å². The number of nitrogens with two attached hydrogens (primary N) is 1. The minimum absolute atomic E-state index is 0. The largest absolute Gasteiger partial charge is 0.507 e. The minimum atomic E-state index is -0.298. The van der Waals surface area contributed by atoms with Crippen molar-refractivity contribution < 1.29 is 15.0 Å². The molecule has 20 heavy (non-hydrogen) atoms. The SMILES string of the molecule is Cl.Nc1ccc(O)c(C(=O)C=CN2CCCC2CO)c1. The highest BCUT2D eigenvalue weighted by molar-refractivity contribution is 6.06. The molecule has 0 saturated carbocycles. The molecule has 0 spiro atoms. The Balaban J connectivity index is 0.00000200. The molecule has 2 rings (SSSR count). The number of halogens is 1. The molecular formula is C14H19ClN2O3. The standard InChI is InChI=1S/C14H18N2O3.ClH/c15-10-3-4-13(18)12(8-10)14(19)5-7-16-6-1-2-11(16)9-17;/h3-5,7-8,11,17-18H,1-2,6,9,15H2;1H. The van der Waals surface area contributed by atoms with E-state index in [1.165, 1.54) is 24.3 Å². The summed E-state index contributed by atoms with van der Waals surface area (Å²) in [5.74, 6) is -0.377. The van der Waals surface area contributed by atoms with Gasteiger partial charge in [0.2, 0.25) is 0 Å². The lowest BCUT2D eigenvalue weighted by molar-refractivity contribution is 0.104. The number of nitrogen functional groups attached to an aromatic ring is 1. The highest BCUT2D eigenvalue weighted by Gasteiger charge is 2.20. The van der Waals surface area contributed by atoms with Crippen molar-refractivity contribution in [2.24, 2.45) is 0 Å². The zero-order chi connectivity index (χ0) is 13.8. The number of benzene rings is 1. The van der Waals surface area contributed by atoms with Crippen LogP contribution in [0.4, 0.5) is 5.69 Å². The van der Waals surface area contributed by atoms with Crippen LogP contribution in [-0.2, 0) is 0 Å². The number of phenolic OH excluding ortho intramolecular Hbond substituents is 1. The van der Waals surface area contributed by atoms with Gasteiger partial charge in [-0.2, -0.15) is 0 Å². The van der Waals surface area contributed by atoms with Gasteiger partial charge in [-0.25, -0.2) is 0 Å². The first kappa shape index (κ1) is 16.3. The maximum Gasteiger partial charge on any atom is 0.191 e. The Morgan fingerprint density at radius 1 is 1.50 bits per heavy atom. The van der Waals surface area contributed by atoms with E-state index < -0.39 is 0 Å². The van der Waals surface area contributed by atoms with E-state index in [0.29, 0.717) is 5.69 Å². The van der Waals surface area contributed by atoms with Crippen LogP contribution in [0, 0.1) is 0 Å². The molecule has 1 fully saturated rings. The topological polar surface area (TPSA) is 86.8 Å². The summed E-state index contributed by atoms with van der Waals surface area (Å²) in [6.45, 7) is 0.917. The number of anilines is 1. The number of nitrogens with zero attached hydrogens (tertiary/aromatic N) is 1. The predicted molar refractivity (Wildman–Crippen MR) is 80.1 cm³/mol. The van der Waals surface area contributed by atoms with Gasteiger partial charge in [0.05, 0.1) is 18.2 Å². The van der Waals surface area contributed by atoms with Crippen molar-refractivity contribution >= 4 is 23.9 Å². The first-order valence-corrected chi connectivity index (χ1v) is 6.29. The summed E-state index contributed by atoms with van der Waals surface area (Å²) >= 11 is 0. The van der Waals surface area contributed by atoms with Crippen LogP contribution in [0.5, 0.6) is 5.75 Å². The molecule has 0 radical (unpaired) electrons. The van der Waals surface area contributed by atoms with E-state index in [-0.39, 0.29) is 42.2 Å². The lowest BCUT2D eigenvalue weighted by atomic mass is 10.1. The maximum atomic E-state index is 12.0. The van der Waals surface area contributed by atoms with Crippen molar-refractivity contribution in [3.8, 4) is 5.75 Å². The van der Waals surface area contributed by atoms with Crippen molar-refractivity contribution in [1.29, 1.82) is 0 Å². The third-order valence-electron chi connectivity index (χ3n) is 3.34. The fraction of sp³-hybridized carbons (Fsp3) is 0.357. The minimum Gasteiger partial charge on any atom is -0.507 e. The summed E-state index contributed by atoms with van der Waals surface area (Å²) in [6.07, 6.45) is 5.02. The Kier molecular flexibility index (Phi) is 5.85. The Morgan fingerprint density at radius 2 is 2.25 bits per heavy atom. The normalized spacial score (nSPS) is 18.2. The highest BCUT2D eigenvalue weighted by Crippen LogP contribution is 2.21. The summed E-state index contributed by atoms with van der Waals surface area (Å²) < 4.78 is 0. The second-order valence-corrected chi connectivity index (χ2v) is 4.67. The average Bonchev–Trinajstić information content (AvgIpc) is 2.86. The number of carbonyl (C=O) groups excluding carboxylic acids is 1. The van der Waals surface area contributed by atoms with Gasteiger partial charge in [0.15, 0.2) is 5.78 Å². The van der Waals surface area contributed by atoms with Crippen molar-refractivity contribution in [1.82, 2.24) is 4.90 Å². The van der Waals surface area contributed by atoms with Gasteiger partial charge in [0.25, 0.3) is 0 Å². The molecule has 1 aliphatic rings. The number of hydrogen-bond donors (Lipinski definition) is 3. The summed E-state index contributed by atoms with van der Waals surface area (Å²) in [7, 11) is 0. The van der Waals surface area contributed by atoms with Gasteiger partial charge < -0.3 is 20.8 Å². The van der Waals surface area contributed by atoms with E-state index in [4.69, 9.17) is 5.73 Å². The number of aliphatic hydroxyl groups is 1. The first-order valence-electron chi connectivity index (χ1n) is 6.29. The molecule has 1 aromatic carbocycles. The molecule has 4 N–H and O–H groups in total. The molecule has 0 amide bonds. The zero-order valence-corrected chi connectivity index (χ0v) is 11.8. The van der Waals surface area contributed by atoms with Gasteiger partial charge in [-0.3, -0.25) is 4.79 Å². The number of aliphatic hydroxyl groups excluding tert-OH is 1. The van der Waals surface area contributed by atoms with Gasteiger partial charge in [-0.05, 0) is 31.0 Å². The lowest BCUT2D eigenvalue weighted by Crippen LogP contribution is -2.27. The molecule has 0 aliphatic carbocycles. The zero-order valence-electron chi connectivity index (χ0n) is 11.0. The van der Waals surface area contributed by atoms with Crippen LogP contribution in [0.15, 0.2) is 30.5 Å². The molecule has 1 aromatic rings. The molecule has 1 saturated heterocycles. The Labute approximate surface area is 124 Å². The number of ketones is 1. The van der Waals surface area contributed by atoms with Crippen molar-refractivity contribution in [2.45, 2.75) is 18.9 Å². The molecular weight excluding hydrogens is 280 g/mol. The van der Waals surface area contributed by atoms with E-state index in [2.05, 4.69) is 0 Å². The van der Waals surface area contributed by atoms with Crippen LogP contribution in [-0.4, -0.2) is 40.1 Å². The number of likely N-dealkylation sites (tertiary alicyclic amines) is 1. The average molecular weight is 299 g/mol. The van der Waals surface area contributed by atoms with Crippen LogP contribution in [0.25, 0.3) is 0 Å². The number of carbonyl (C=O) groups is 1. The molecule has 1 atom stereocenters. The fourth-order valence-corrected chi connectivity index (χ4v) is 2.25. The van der Waals surface area contributed by atoms with E-state index in [1.807, 2.05) is 4.90 Å². The molecule has 110 valence electrons. The van der Waals surface area contributed by atoms with E-state index in [1.54, 1.807) is 6.20 Å². The van der Waals surface area contributed by atoms with E-state index in [9.17, 15) is 15.0 Å². The number of phenols is 1. The molecule has 1 unspecified atom stereocenters. The monoisotopic (exact) mass is 298 g/mol. The molecule has 5 nitrogen and oxygen atoms in total. The van der Waals surface area contributed by atoms with E-state index in [0.717, 1.165) is 19.4 Å². The Hall–Kier alpha value is -1.72. The molecule has 1 aliphatic heterocycles. The van der Waals surface area contributed by atoms with Crippen molar-refractivity contribution in [3.63, 3.8) is 0 Å². The summed E-state index contributed by atoms with van der Waals surface area (Å²) in [6, 6.07) is 4.48. The molecule has 6 heteroatoms. The van der Waals surface area contributed by atoms with Crippen LogP contribution in [0.2, 0.25) is 0 Å². The van der Waals surface area contributed by atoms with Gasteiger partial charge in [0.1, 0.15) is 5.75 Å². The number of allylic oxidation sites excluding steroid dienone is 1. The van der Waals surface area contributed by atoms with Crippen molar-refractivity contribution in [2.75, 3.05) is 18.9 Å². The molecule has 0 aromatic heterocycles. The van der Waals surface area contributed by atoms with Crippen LogP contribution >= 0.6 is 12.4 Å². The van der Waals surface area contributed by atoms with Gasteiger partial charge in [0, 0.05) is 24.5 Å². The van der Waals surface area contributed by atoms with Crippen LogP contribution in [0.3, 0.4) is 0 Å². The summed E-state index contributed by atoms with van der Waals surface area (Å²) in [5, 5.41) is 18.8.